The third-order valence-electron chi connectivity index (χ3n) is 2.11. The average molecular weight is 284 g/mol. The Labute approximate surface area is 139 Å². The van der Waals surface area contributed by atoms with Crippen molar-refractivity contribution in [1.82, 2.24) is 0 Å². The molecule has 80 valence electrons. The number of carboxylic acid groups (broad SMARTS) is 1. The second kappa shape index (κ2) is 11.1. The van der Waals surface area contributed by atoms with E-state index in [9.17, 15) is 9.90 Å². The Hall–Kier alpha value is 0.585. The maximum atomic E-state index is 10.3. The maximum Gasteiger partial charge on any atom is 1.00 e. The molecule has 5 nitrogen and oxygen atoms in total. The van der Waals surface area contributed by atoms with Crippen molar-refractivity contribution >= 4 is 5.97 Å². The molecule has 0 aliphatic carbocycles. The van der Waals surface area contributed by atoms with Gasteiger partial charge in [0.25, 0.3) is 0 Å². The maximum absolute atomic E-state index is 10.3. The van der Waals surface area contributed by atoms with E-state index in [-0.39, 0.29) is 70.5 Å². The minimum absolute atomic E-state index is 0. The molecule has 0 bridgehead atoms. The summed E-state index contributed by atoms with van der Waals surface area (Å²) < 4.78 is 0. The molecule has 0 heterocycles. The van der Waals surface area contributed by atoms with Gasteiger partial charge >= 0.3 is 58.2 Å². The molecule has 0 aliphatic rings. The molecule has 0 aromatic heterocycles. The van der Waals surface area contributed by atoms with Crippen LogP contribution in [0, 0.1) is 11.8 Å². The molecule has 2 atom stereocenters. The quantitative estimate of drug-likeness (QED) is 0.323. The molecule has 0 spiro atoms. The van der Waals surface area contributed by atoms with Crippen molar-refractivity contribution in [2.75, 3.05) is 6.54 Å². The molecule has 0 aromatic carbocycles. The molecule has 0 aromatic rings. The van der Waals surface area contributed by atoms with Crippen LogP contribution in [0.25, 0.3) is 10.4 Å². The minimum atomic E-state index is -1.00. The monoisotopic (exact) mass is 283 g/mol. The number of carbonyl (C=O) groups is 1. The third-order valence-corrected chi connectivity index (χ3v) is 2.11. The van der Waals surface area contributed by atoms with E-state index < -0.39 is 5.97 Å². The molecule has 0 N–H and O–H groups in total. The van der Waals surface area contributed by atoms with E-state index in [1.807, 2.05) is 13.8 Å². The average Bonchev–Trinajstić information content (AvgIpc) is 2.02. The van der Waals surface area contributed by atoms with E-state index in [1.165, 1.54) is 0 Å². The van der Waals surface area contributed by atoms with Crippen molar-refractivity contribution in [3.63, 3.8) is 0 Å². The molecule has 0 aliphatic heterocycles. The Balaban J connectivity index is 0. The number of carboxylic acids is 1. The Morgan fingerprint density at radius 2 is 2.07 bits per heavy atom. The van der Waals surface area contributed by atoms with Crippen LogP contribution in [-0.4, -0.2) is 12.5 Å². The fourth-order valence-electron chi connectivity index (χ4n) is 1.50. The molecule has 0 saturated heterocycles. The Morgan fingerprint density at radius 1 is 1.47 bits per heavy atom. The largest absolute Gasteiger partial charge is 1.00 e. The van der Waals surface area contributed by atoms with Gasteiger partial charge in [-0.3, -0.25) is 0 Å². The molecule has 6 heteroatoms. The molecule has 0 fully saturated rings. The summed E-state index contributed by atoms with van der Waals surface area (Å²) in [5, 5.41) is 13.7. The van der Waals surface area contributed by atoms with E-state index in [0.29, 0.717) is 12.5 Å². The second-order valence-corrected chi connectivity index (χ2v) is 3.77. The first-order valence-corrected chi connectivity index (χ1v) is 4.77. The zero-order valence-corrected chi connectivity index (χ0v) is 14.6. The van der Waals surface area contributed by atoms with Crippen LogP contribution < -0.4 is 63.3 Å². The van der Waals surface area contributed by atoms with Gasteiger partial charge in [-0.1, -0.05) is 19.0 Å². The Morgan fingerprint density at radius 3 is 2.53 bits per heavy atom. The second-order valence-electron chi connectivity index (χ2n) is 3.77. The first kappa shape index (κ1) is 18.0. The fourth-order valence-corrected chi connectivity index (χ4v) is 1.50. The van der Waals surface area contributed by atoms with E-state index >= 15 is 0 Å². The van der Waals surface area contributed by atoms with Crippen LogP contribution in [0.3, 0.4) is 0 Å². The number of nitrogens with zero attached hydrogens (tertiary/aromatic N) is 3. The predicted molar refractivity (Wildman–Crippen MR) is 51.2 cm³/mol. The third kappa shape index (κ3) is 12.5. The number of azide groups is 1. The normalized spacial score (nSPS) is 13.2. The van der Waals surface area contributed by atoms with Crippen molar-refractivity contribution in [3.8, 4) is 0 Å². The molecule has 0 rings (SSSR count). The van der Waals surface area contributed by atoms with Gasteiger partial charge in [-0.2, -0.15) is 0 Å². The van der Waals surface area contributed by atoms with E-state index in [1.54, 1.807) is 0 Å². The van der Waals surface area contributed by atoms with Crippen LogP contribution >= 0.6 is 0 Å². The van der Waals surface area contributed by atoms with Gasteiger partial charge in [-0.05, 0) is 36.6 Å². The molecule has 15 heavy (non-hydrogen) atoms. The van der Waals surface area contributed by atoms with E-state index in [4.69, 9.17) is 5.53 Å². The topological polar surface area (TPSA) is 88.9 Å². The molecule has 0 amide bonds. The first-order chi connectivity index (χ1) is 6.56. The van der Waals surface area contributed by atoms with Crippen LogP contribution in [0.2, 0.25) is 0 Å². The molecular formula is C9H16N3O2Rb. The summed E-state index contributed by atoms with van der Waals surface area (Å²) in [6.45, 7) is 4.40. The summed E-state index contributed by atoms with van der Waals surface area (Å²) in [6, 6.07) is 0. The van der Waals surface area contributed by atoms with E-state index in [2.05, 4.69) is 10.0 Å². The predicted octanol–water partition coefficient (Wildman–Crippen LogP) is -1.51. The summed E-state index contributed by atoms with van der Waals surface area (Å²) >= 11 is 0. The standard InChI is InChI=1S/C9H17N3O2.Rb/c1-7(3-4-11-12-10)5-8(2)6-9(13)14;/h7-8H,3-6H2,1-2H3,(H,13,14);/q;+1/p-1/t7-,8-;/m1./s1. The number of hydrogen-bond acceptors (Lipinski definition) is 3. The zero-order chi connectivity index (χ0) is 11.0. The van der Waals surface area contributed by atoms with Gasteiger partial charge in [0.2, 0.25) is 0 Å². The van der Waals surface area contributed by atoms with Gasteiger partial charge in [-0.25, -0.2) is 0 Å². The fraction of sp³-hybridized carbons (Fsp3) is 0.889. The van der Waals surface area contributed by atoms with Gasteiger partial charge < -0.3 is 9.90 Å². The van der Waals surface area contributed by atoms with Crippen molar-refractivity contribution < 1.29 is 68.1 Å². The molecular weight excluding hydrogens is 268 g/mol. The molecule has 0 saturated carbocycles. The first-order valence-electron chi connectivity index (χ1n) is 4.77. The van der Waals surface area contributed by atoms with Crippen molar-refractivity contribution in [2.24, 2.45) is 17.0 Å². The van der Waals surface area contributed by atoms with Crippen molar-refractivity contribution in [3.05, 3.63) is 10.4 Å². The minimum Gasteiger partial charge on any atom is -0.550 e. The van der Waals surface area contributed by atoms with Crippen molar-refractivity contribution in [2.45, 2.75) is 33.1 Å². The van der Waals surface area contributed by atoms with Gasteiger partial charge in [0.05, 0.1) is 0 Å². The van der Waals surface area contributed by atoms with Gasteiger partial charge in [0.15, 0.2) is 0 Å². The summed E-state index contributed by atoms with van der Waals surface area (Å²) in [5.41, 5.74) is 8.05. The van der Waals surface area contributed by atoms with Crippen LogP contribution in [-0.2, 0) is 4.79 Å². The summed E-state index contributed by atoms with van der Waals surface area (Å²) in [5.74, 6) is -0.490. The van der Waals surface area contributed by atoms with Gasteiger partial charge in [0.1, 0.15) is 0 Å². The van der Waals surface area contributed by atoms with Crippen LogP contribution in [0.4, 0.5) is 0 Å². The zero-order valence-electron chi connectivity index (χ0n) is 9.64. The number of rotatable bonds is 7. The van der Waals surface area contributed by atoms with Crippen LogP contribution in [0.1, 0.15) is 33.1 Å². The van der Waals surface area contributed by atoms with Crippen LogP contribution in [0.5, 0.6) is 0 Å². The van der Waals surface area contributed by atoms with Crippen LogP contribution in [0.15, 0.2) is 5.11 Å². The molecule has 0 radical (unpaired) electrons. The number of aliphatic carboxylic acids is 1. The van der Waals surface area contributed by atoms with Crippen molar-refractivity contribution in [1.29, 1.82) is 0 Å². The molecule has 0 unspecified atom stereocenters. The summed E-state index contributed by atoms with van der Waals surface area (Å²) in [7, 11) is 0. The summed E-state index contributed by atoms with van der Waals surface area (Å²) in [6.07, 6.45) is 1.74. The van der Waals surface area contributed by atoms with Gasteiger partial charge in [-0.15, -0.1) is 0 Å². The smallest absolute Gasteiger partial charge is 0.550 e. The van der Waals surface area contributed by atoms with Gasteiger partial charge in [0, 0.05) is 17.4 Å². The SMILES string of the molecule is C[C@H](CCN=[N+]=[N-])C[C@@H](C)CC(=O)[O-].[Rb+]. The number of carbonyl (C=O) groups excluding carboxylic acids is 1. The van der Waals surface area contributed by atoms with E-state index in [0.717, 1.165) is 12.8 Å². The Kier molecular flexibility index (Phi) is 13.3. The number of hydrogen-bond donors (Lipinski definition) is 0. The summed E-state index contributed by atoms with van der Waals surface area (Å²) in [4.78, 5) is 12.9. The Bertz CT molecular complexity index is 229.